The SMILES string of the molecule is CC(NC(=O)c1ccccc1Cl)C(=O)NNC(=O)c1cccnc1. The van der Waals surface area contributed by atoms with Gasteiger partial charge in [-0.05, 0) is 31.2 Å². The van der Waals surface area contributed by atoms with Crippen LogP contribution >= 0.6 is 11.6 Å². The molecule has 124 valence electrons. The van der Waals surface area contributed by atoms with Gasteiger partial charge in [0.2, 0.25) is 0 Å². The van der Waals surface area contributed by atoms with Crippen molar-refractivity contribution < 1.29 is 14.4 Å². The van der Waals surface area contributed by atoms with Gasteiger partial charge in [0.1, 0.15) is 6.04 Å². The Morgan fingerprint density at radius 3 is 2.46 bits per heavy atom. The highest BCUT2D eigenvalue weighted by atomic mass is 35.5. The molecule has 1 aromatic carbocycles. The molecule has 0 aliphatic rings. The molecule has 1 atom stereocenters. The van der Waals surface area contributed by atoms with Gasteiger partial charge >= 0.3 is 0 Å². The molecule has 0 saturated carbocycles. The van der Waals surface area contributed by atoms with Gasteiger partial charge in [-0.1, -0.05) is 23.7 Å². The second-order valence-corrected chi connectivity index (χ2v) is 5.27. The minimum atomic E-state index is -0.872. The van der Waals surface area contributed by atoms with E-state index in [1.807, 2.05) is 0 Å². The normalized spacial score (nSPS) is 11.2. The fraction of sp³-hybridized carbons (Fsp3) is 0.125. The van der Waals surface area contributed by atoms with E-state index in [2.05, 4.69) is 21.2 Å². The first-order valence-electron chi connectivity index (χ1n) is 7.04. The molecular weight excluding hydrogens is 332 g/mol. The highest BCUT2D eigenvalue weighted by molar-refractivity contribution is 6.33. The van der Waals surface area contributed by atoms with E-state index in [-0.39, 0.29) is 10.6 Å². The van der Waals surface area contributed by atoms with Crippen LogP contribution in [0.5, 0.6) is 0 Å². The van der Waals surface area contributed by atoms with E-state index in [0.717, 1.165) is 0 Å². The topological polar surface area (TPSA) is 100 Å². The van der Waals surface area contributed by atoms with Crippen molar-refractivity contribution in [2.45, 2.75) is 13.0 Å². The lowest BCUT2D eigenvalue weighted by molar-refractivity contribution is -0.123. The van der Waals surface area contributed by atoms with Crippen molar-refractivity contribution >= 4 is 29.3 Å². The van der Waals surface area contributed by atoms with E-state index in [0.29, 0.717) is 5.56 Å². The monoisotopic (exact) mass is 346 g/mol. The number of hydrogen-bond acceptors (Lipinski definition) is 4. The number of hydrogen-bond donors (Lipinski definition) is 3. The molecule has 7 nitrogen and oxygen atoms in total. The Morgan fingerprint density at radius 1 is 1.04 bits per heavy atom. The van der Waals surface area contributed by atoms with Crippen LogP contribution in [-0.4, -0.2) is 28.7 Å². The van der Waals surface area contributed by atoms with Crippen LogP contribution < -0.4 is 16.2 Å². The summed E-state index contributed by atoms with van der Waals surface area (Å²) in [5.74, 6) is -1.57. The van der Waals surface area contributed by atoms with Crippen molar-refractivity contribution in [2.24, 2.45) is 0 Å². The molecule has 0 fully saturated rings. The third-order valence-electron chi connectivity index (χ3n) is 3.08. The summed E-state index contributed by atoms with van der Waals surface area (Å²) in [6.07, 6.45) is 2.89. The molecule has 8 heteroatoms. The van der Waals surface area contributed by atoms with Gasteiger partial charge in [0.05, 0.1) is 16.1 Å². The maximum absolute atomic E-state index is 12.1. The number of carbonyl (C=O) groups excluding carboxylic acids is 3. The zero-order chi connectivity index (χ0) is 17.5. The number of benzene rings is 1. The van der Waals surface area contributed by atoms with E-state index in [1.54, 1.807) is 36.4 Å². The molecule has 0 saturated heterocycles. The van der Waals surface area contributed by atoms with Crippen molar-refractivity contribution in [1.82, 2.24) is 21.2 Å². The Kier molecular flexibility index (Phi) is 5.86. The number of hydrazine groups is 1. The number of carbonyl (C=O) groups is 3. The second-order valence-electron chi connectivity index (χ2n) is 4.86. The Hall–Kier alpha value is -2.93. The first-order valence-corrected chi connectivity index (χ1v) is 7.42. The van der Waals surface area contributed by atoms with Crippen molar-refractivity contribution in [2.75, 3.05) is 0 Å². The lowest BCUT2D eigenvalue weighted by atomic mass is 10.2. The van der Waals surface area contributed by atoms with Crippen LogP contribution in [0.1, 0.15) is 27.6 Å². The summed E-state index contributed by atoms with van der Waals surface area (Å²) in [5.41, 5.74) is 5.05. The minimum Gasteiger partial charge on any atom is -0.340 e. The van der Waals surface area contributed by atoms with E-state index in [9.17, 15) is 14.4 Å². The van der Waals surface area contributed by atoms with Crippen LogP contribution in [0.3, 0.4) is 0 Å². The lowest BCUT2D eigenvalue weighted by Gasteiger charge is -2.15. The predicted octanol–water partition coefficient (Wildman–Crippen LogP) is 1.31. The number of halogens is 1. The zero-order valence-electron chi connectivity index (χ0n) is 12.7. The van der Waals surface area contributed by atoms with Crippen molar-refractivity contribution in [3.05, 3.63) is 64.9 Å². The predicted molar refractivity (Wildman–Crippen MR) is 88.2 cm³/mol. The fourth-order valence-electron chi connectivity index (χ4n) is 1.78. The van der Waals surface area contributed by atoms with E-state index < -0.39 is 23.8 Å². The molecule has 0 bridgehead atoms. The maximum atomic E-state index is 12.1. The van der Waals surface area contributed by atoms with Crippen LogP contribution in [0, 0.1) is 0 Å². The van der Waals surface area contributed by atoms with Gasteiger partial charge in [-0.3, -0.25) is 30.2 Å². The largest absolute Gasteiger partial charge is 0.340 e. The van der Waals surface area contributed by atoms with Gasteiger partial charge in [0, 0.05) is 12.4 Å². The van der Waals surface area contributed by atoms with E-state index >= 15 is 0 Å². The Balaban J connectivity index is 1.87. The first kappa shape index (κ1) is 17.4. The van der Waals surface area contributed by atoms with Crippen molar-refractivity contribution in [1.29, 1.82) is 0 Å². The van der Waals surface area contributed by atoms with Gasteiger partial charge < -0.3 is 5.32 Å². The summed E-state index contributed by atoms with van der Waals surface area (Å²) in [5, 5.41) is 2.79. The molecule has 1 aromatic heterocycles. The smallest absolute Gasteiger partial charge is 0.271 e. The summed E-state index contributed by atoms with van der Waals surface area (Å²) in [6.45, 7) is 1.49. The van der Waals surface area contributed by atoms with Gasteiger partial charge in [-0.15, -0.1) is 0 Å². The Labute approximate surface area is 143 Å². The van der Waals surface area contributed by atoms with Crippen LogP contribution in [0.2, 0.25) is 5.02 Å². The summed E-state index contributed by atoms with van der Waals surface area (Å²) in [7, 11) is 0. The average Bonchev–Trinajstić information content (AvgIpc) is 2.60. The molecular formula is C16H15ClN4O3. The zero-order valence-corrected chi connectivity index (χ0v) is 13.5. The molecule has 3 amide bonds. The van der Waals surface area contributed by atoms with Crippen molar-refractivity contribution in [3.63, 3.8) is 0 Å². The van der Waals surface area contributed by atoms with Gasteiger partial charge in [-0.25, -0.2) is 0 Å². The molecule has 2 aromatic rings. The van der Waals surface area contributed by atoms with Gasteiger partial charge in [-0.2, -0.15) is 0 Å². The maximum Gasteiger partial charge on any atom is 0.271 e. The number of nitrogens with one attached hydrogen (secondary N) is 3. The number of rotatable bonds is 4. The number of pyridine rings is 1. The van der Waals surface area contributed by atoms with Crippen LogP contribution in [0.4, 0.5) is 0 Å². The van der Waals surface area contributed by atoms with Crippen molar-refractivity contribution in [3.8, 4) is 0 Å². The summed E-state index contributed by atoms with van der Waals surface area (Å²) >= 11 is 5.93. The van der Waals surface area contributed by atoms with Gasteiger partial charge in [0.25, 0.3) is 17.7 Å². The Bertz CT molecular complexity index is 752. The molecule has 1 unspecified atom stereocenters. The molecule has 24 heavy (non-hydrogen) atoms. The number of nitrogens with zero attached hydrogens (tertiary/aromatic N) is 1. The summed E-state index contributed by atoms with van der Waals surface area (Å²) in [6, 6.07) is 8.77. The molecule has 0 radical (unpaired) electrons. The third kappa shape index (κ3) is 4.53. The molecule has 0 aliphatic heterocycles. The minimum absolute atomic E-state index is 0.262. The number of amides is 3. The van der Waals surface area contributed by atoms with Crippen LogP contribution in [-0.2, 0) is 4.79 Å². The summed E-state index contributed by atoms with van der Waals surface area (Å²) < 4.78 is 0. The fourth-order valence-corrected chi connectivity index (χ4v) is 2.00. The average molecular weight is 347 g/mol. The quantitative estimate of drug-likeness (QED) is 0.727. The highest BCUT2D eigenvalue weighted by Crippen LogP contribution is 2.14. The second kappa shape index (κ2) is 8.07. The van der Waals surface area contributed by atoms with E-state index in [4.69, 9.17) is 11.6 Å². The summed E-state index contributed by atoms with van der Waals surface area (Å²) in [4.78, 5) is 39.6. The lowest BCUT2D eigenvalue weighted by Crippen LogP contribution is -2.51. The van der Waals surface area contributed by atoms with Crippen LogP contribution in [0.25, 0.3) is 0 Å². The number of aromatic nitrogens is 1. The molecule has 0 spiro atoms. The highest BCUT2D eigenvalue weighted by Gasteiger charge is 2.18. The Morgan fingerprint density at radius 2 is 1.79 bits per heavy atom. The van der Waals surface area contributed by atoms with E-state index in [1.165, 1.54) is 19.3 Å². The first-order chi connectivity index (χ1) is 11.5. The standard InChI is InChI=1S/C16H15ClN4O3/c1-10(19-16(24)12-6-2-3-7-13(12)17)14(22)20-21-15(23)11-5-4-8-18-9-11/h2-10H,1H3,(H,19,24)(H,20,22)(H,21,23). The van der Waals surface area contributed by atoms with Gasteiger partial charge in [0.15, 0.2) is 0 Å². The molecule has 1 heterocycles. The molecule has 3 N–H and O–H groups in total. The molecule has 0 aliphatic carbocycles. The molecule has 2 rings (SSSR count). The third-order valence-corrected chi connectivity index (χ3v) is 3.41. The van der Waals surface area contributed by atoms with Crippen LogP contribution in [0.15, 0.2) is 48.8 Å².